The zero-order valence-electron chi connectivity index (χ0n) is 30.1. The zero-order valence-corrected chi connectivity index (χ0v) is 30.1. The first-order valence-corrected chi connectivity index (χ1v) is 18.0. The molecule has 0 radical (unpaired) electrons. The number of ketones is 1. The lowest BCUT2D eigenvalue weighted by Crippen LogP contribution is -2.39. The highest BCUT2D eigenvalue weighted by atomic mass is 16.3. The molecule has 1 aliphatic rings. The minimum absolute atomic E-state index is 0.102. The maximum Gasteiger partial charge on any atom is 0.165 e. The van der Waals surface area contributed by atoms with E-state index < -0.39 is 0 Å². The number of imidazole rings is 1. The Morgan fingerprint density at radius 1 is 0.923 bits per heavy atom. The molecule has 0 amide bonds. The van der Waals surface area contributed by atoms with E-state index in [2.05, 4.69) is 64.7 Å². The number of rotatable bonds is 10. The number of carbonyl (C=O) groups excluding carboxylic acids is 2. The summed E-state index contributed by atoms with van der Waals surface area (Å²) in [5.74, 6) is 0.970. The van der Waals surface area contributed by atoms with E-state index in [4.69, 9.17) is 20.8 Å². The number of anilines is 1. The number of aromatic hydroxyl groups is 1. The molecule has 0 spiro atoms. The number of pyridine rings is 2. The van der Waals surface area contributed by atoms with Crippen LogP contribution in [0.5, 0.6) is 5.75 Å². The molecule has 52 heavy (non-hydrogen) atoms. The number of benzene rings is 3. The Kier molecular flexibility index (Phi) is 11.2. The Labute approximate surface area is 305 Å². The molecule has 3 N–H and O–H groups in total. The fourth-order valence-corrected chi connectivity index (χ4v) is 7.13. The van der Waals surface area contributed by atoms with Gasteiger partial charge in [-0.2, -0.15) is 0 Å². The zero-order chi connectivity index (χ0) is 36.7. The number of nitrogens with two attached hydrogens (primary N) is 1. The average molecular weight is 695 g/mol. The minimum Gasteiger partial charge on any atom is -0.507 e. The van der Waals surface area contributed by atoms with E-state index in [1.54, 1.807) is 6.20 Å². The van der Waals surface area contributed by atoms with Gasteiger partial charge in [-0.05, 0) is 105 Å². The van der Waals surface area contributed by atoms with Gasteiger partial charge in [-0.15, -0.1) is 0 Å². The van der Waals surface area contributed by atoms with Gasteiger partial charge in [0.1, 0.15) is 17.1 Å². The van der Waals surface area contributed by atoms with E-state index in [-0.39, 0.29) is 17.1 Å². The number of nitrogen functional groups attached to an aromatic ring is 1. The van der Waals surface area contributed by atoms with Gasteiger partial charge in [-0.25, -0.2) is 15.0 Å². The van der Waals surface area contributed by atoms with Crippen LogP contribution in [0.15, 0.2) is 103 Å². The predicted octanol–water partition coefficient (Wildman–Crippen LogP) is 8.93. The summed E-state index contributed by atoms with van der Waals surface area (Å²) in [6, 6.07) is 31.2. The first-order valence-electron chi connectivity index (χ1n) is 18.0. The van der Waals surface area contributed by atoms with Crippen LogP contribution in [0.4, 0.5) is 5.82 Å². The monoisotopic (exact) mass is 694 g/mol. The van der Waals surface area contributed by atoms with Gasteiger partial charge in [0.2, 0.25) is 0 Å². The number of aromatic nitrogens is 4. The number of hydrogen-bond acceptors (Lipinski definition) is 8. The number of nitrogens with zero attached hydrogens (tertiary/aromatic N) is 5. The van der Waals surface area contributed by atoms with Crippen LogP contribution in [-0.4, -0.2) is 54.7 Å². The molecule has 0 bridgehead atoms. The molecule has 1 fully saturated rings. The molecule has 7 rings (SSSR count). The molecular weight excluding hydrogens is 649 g/mol. The largest absolute Gasteiger partial charge is 0.507 e. The molecule has 0 atom stereocenters. The topological polar surface area (TPSA) is 127 Å². The van der Waals surface area contributed by atoms with Crippen LogP contribution in [0.2, 0.25) is 0 Å². The molecule has 9 heteroatoms. The molecule has 1 saturated heterocycles. The van der Waals surface area contributed by atoms with Gasteiger partial charge in [0.25, 0.3) is 0 Å². The Hall–Kier alpha value is -5.67. The van der Waals surface area contributed by atoms with E-state index in [9.17, 15) is 9.59 Å². The lowest BCUT2D eigenvalue weighted by molar-refractivity contribution is 0.0859. The van der Waals surface area contributed by atoms with Crippen molar-refractivity contribution in [1.29, 1.82) is 0 Å². The molecule has 266 valence electrons. The molecule has 0 aliphatic carbocycles. The molecule has 3 aromatic heterocycles. The van der Waals surface area contributed by atoms with Gasteiger partial charge in [0, 0.05) is 29.6 Å². The third kappa shape index (κ3) is 7.95. The van der Waals surface area contributed by atoms with Crippen molar-refractivity contribution in [2.45, 2.75) is 59.4 Å². The predicted molar refractivity (Wildman–Crippen MR) is 208 cm³/mol. The number of phenolic OH excluding ortho intramolecular Hbond substituents is 1. The summed E-state index contributed by atoms with van der Waals surface area (Å²) in [5.41, 5.74) is 14.2. The molecule has 0 saturated carbocycles. The quantitative estimate of drug-likeness (QED) is 0.108. The van der Waals surface area contributed by atoms with Crippen LogP contribution >= 0.6 is 0 Å². The fraction of sp³-hybridized carbons (Fsp3) is 0.279. The highest BCUT2D eigenvalue weighted by Crippen LogP contribution is 2.39. The summed E-state index contributed by atoms with van der Waals surface area (Å²) in [7, 11) is 0. The number of likely N-dealkylation sites (tertiary alicyclic amines) is 1. The normalized spacial score (nSPS) is 14.1. The second-order valence-corrected chi connectivity index (χ2v) is 13.6. The molecule has 9 nitrogen and oxygen atoms in total. The highest BCUT2D eigenvalue weighted by molar-refractivity contribution is 5.96. The average Bonchev–Trinajstić information content (AvgIpc) is 3.55. The van der Waals surface area contributed by atoms with Gasteiger partial charge in [-0.3, -0.25) is 19.1 Å². The van der Waals surface area contributed by atoms with Gasteiger partial charge in [0.05, 0.1) is 16.8 Å². The summed E-state index contributed by atoms with van der Waals surface area (Å²) < 4.78 is 2.11. The smallest absolute Gasteiger partial charge is 0.165 e. The van der Waals surface area contributed by atoms with Gasteiger partial charge < -0.3 is 10.8 Å². The molecule has 4 heterocycles. The summed E-state index contributed by atoms with van der Waals surface area (Å²) in [4.78, 5) is 38.2. The van der Waals surface area contributed by atoms with Crippen LogP contribution in [0, 0.1) is 5.41 Å². The van der Waals surface area contributed by atoms with Crippen LogP contribution < -0.4 is 5.73 Å². The maximum absolute atomic E-state index is 10.8. The standard InChI is InChI=1S/C34H38N6.C9H8O3/c1-3-18-34(4-2)19-22-39(23-20-34)24-25-12-14-27(15-13-25)40-32(28-11-8-21-36-31(28)35)38-30-17-16-29(37-33(30)40)26-9-6-5-7-10-26;1-6(11)7-2-3-9(12)8(4-7)5-10/h5-17,21H,3-4,18-20,22-24H2,1-2H3,(H2,35,36);2-5,12H,1H3. The number of carbonyl (C=O) groups is 2. The van der Waals surface area contributed by atoms with Crippen molar-refractivity contribution in [2.75, 3.05) is 18.8 Å². The van der Waals surface area contributed by atoms with Crippen molar-refractivity contribution >= 4 is 29.1 Å². The third-order valence-electron chi connectivity index (χ3n) is 10.3. The Bertz CT molecular complexity index is 2150. The first kappa shape index (κ1) is 36.1. The van der Waals surface area contributed by atoms with Gasteiger partial charge >= 0.3 is 0 Å². The van der Waals surface area contributed by atoms with Crippen molar-refractivity contribution in [1.82, 2.24) is 24.4 Å². The lowest BCUT2D eigenvalue weighted by atomic mass is 9.73. The number of Topliss-reactive ketones (excluding diaryl/α,β-unsaturated/α-hetero) is 1. The third-order valence-corrected chi connectivity index (χ3v) is 10.3. The SMILES string of the molecule is CC(=O)c1ccc(O)c(C=O)c1.CCCC1(CC)CCN(Cc2ccc(-n3c(-c4cccnc4N)nc4ccc(-c5ccccc5)nc43)cc2)CC1. The van der Waals surface area contributed by atoms with Gasteiger partial charge in [-0.1, -0.05) is 69.2 Å². The van der Waals surface area contributed by atoms with Crippen molar-refractivity contribution in [3.63, 3.8) is 0 Å². The molecule has 6 aromatic rings. The van der Waals surface area contributed by atoms with Crippen LogP contribution in [-0.2, 0) is 6.54 Å². The Morgan fingerprint density at radius 3 is 2.33 bits per heavy atom. The number of aldehydes is 1. The van der Waals surface area contributed by atoms with Gasteiger partial charge in [0.15, 0.2) is 23.5 Å². The number of fused-ring (bicyclic) bond motifs is 1. The lowest BCUT2D eigenvalue weighted by Gasteiger charge is -2.41. The number of hydrogen-bond donors (Lipinski definition) is 2. The molecular formula is C43H46N6O3. The van der Waals surface area contributed by atoms with E-state index in [0.717, 1.165) is 46.0 Å². The fourth-order valence-electron chi connectivity index (χ4n) is 7.13. The molecule has 3 aromatic carbocycles. The Morgan fingerprint density at radius 2 is 1.67 bits per heavy atom. The Balaban J connectivity index is 0.000000330. The van der Waals surface area contributed by atoms with Crippen LogP contribution in [0.25, 0.3) is 39.5 Å². The summed E-state index contributed by atoms with van der Waals surface area (Å²) >= 11 is 0. The second kappa shape index (κ2) is 16.1. The molecule has 0 unspecified atom stereocenters. The van der Waals surface area contributed by atoms with Crippen LogP contribution in [0.1, 0.15) is 79.2 Å². The highest BCUT2D eigenvalue weighted by Gasteiger charge is 2.32. The van der Waals surface area contributed by atoms with Crippen molar-refractivity contribution in [3.05, 3.63) is 120 Å². The summed E-state index contributed by atoms with van der Waals surface area (Å²) in [6.45, 7) is 9.43. The first-order chi connectivity index (χ1) is 25.2. The second-order valence-electron chi connectivity index (χ2n) is 13.6. The minimum atomic E-state index is -0.127. The van der Waals surface area contributed by atoms with Crippen molar-refractivity contribution in [2.24, 2.45) is 5.41 Å². The number of phenols is 1. The maximum atomic E-state index is 10.8. The van der Waals surface area contributed by atoms with Crippen LogP contribution in [0.3, 0.4) is 0 Å². The van der Waals surface area contributed by atoms with Crippen molar-refractivity contribution < 1.29 is 14.7 Å². The van der Waals surface area contributed by atoms with E-state index >= 15 is 0 Å². The summed E-state index contributed by atoms with van der Waals surface area (Å²) in [5, 5.41) is 9.07. The number of piperidine rings is 1. The van der Waals surface area contributed by atoms with E-state index in [1.807, 2.05) is 42.5 Å². The van der Waals surface area contributed by atoms with E-state index in [1.165, 1.54) is 75.9 Å². The molecule has 1 aliphatic heterocycles. The summed E-state index contributed by atoms with van der Waals surface area (Å²) in [6.07, 6.45) is 8.78. The van der Waals surface area contributed by atoms with Crippen molar-refractivity contribution in [3.8, 4) is 34.1 Å². The van der Waals surface area contributed by atoms with E-state index in [0.29, 0.717) is 23.1 Å².